The summed E-state index contributed by atoms with van der Waals surface area (Å²) in [5, 5.41) is 11.0. The van der Waals surface area contributed by atoms with Crippen LogP contribution >= 0.6 is 11.8 Å². The van der Waals surface area contributed by atoms with Crippen molar-refractivity contribution in [2.24, 2.45) is 5.92 Å². The van der Waals surface area contributed by atoms with E-state index in [9.17, 15) is 18.0 Å². The minimum atomic E-state index is -3.01. The average molecular weight is 309 g/mol. The molecule has 1 heterocycles. The summed E-state index contributed by atoms with van der Waals surface area (Å²) < 4.78 is 22.5. The fourth-order valence-corrected chi connectivity index (χ4v) is 4.51. The Labute approximate surface area is 117 Å². The maximum atomic E-state index is 11.6. The number of hydrogen-bond donors (Lipinski definition) is 2. The van der Waals surface area contributed by atoms with Gasteiger partial charge in [0.15, 0.2) is 9.84 Å². The number of hydrogen-bond acceptors (Lipinski definition) is 5. The van der Waals surface area contributed by atoms with Gasteiger partial charge in [0.1, 0.15) is 5.25 Å². The summed E-state index contributed by atoms with van der Waals surface area (Å²) in [6.45, 7) is 3.57. The highest BCUT2D eigenvalue weighted by molar-refractivity contribution is 8.01. The lowest BCUT2D eigenvalue weighted by atomic mass is 10.1. The van der Waals surface area contributed by atoms with Crippen LogP contribution in [-0.4, -0.2) is 54.0 Å². The van der Waals surface area contributed by atoms with Crippen LogP contribution in [0.25, 0.3) is 0 Å². The molecule has 2 unspecified atom stereocenters. The smallest absolute Gasteiger partial charge is 0.316 e. The maximum absolute atomic E-state index is 11.6. The SMILES string of the molecule is CC(C)C(SCC(=O)NC1CCS(=O)(=O)C1)C(=O)O. The number of carboxylic acid groups (broad SMARTS) is 1. The van der Waals surface area contributed by atoms with Crippen molar-refractivity contribution in [1.82, 2.24) is 5.32 Å². The van der Waals surface area contributed by atoms with Crippen molar-refractivity contribution in [3.63, 3.8) is 0 Å². The zero-order chi connectivity index (χ0) is 14.6. The van der Waals surface area contributed by atoms with Gasteiger partial charge < -0.3 is 10.4 Å². The highest BCUT2D eigenvalue weighted by Crippen LogP contribution is 2.20. The summed E-state index contributed by atoms with van der Waals surface area (Å²) in [6.07, 6.45) is 0.436. The second-order valence-electron chi connectivity index (χ2n) is 4.98. The van der Waals surface area contributed by atoms with Gasteiger partial charge in [-0.2, -0.15) is 0 Å². The number of sulfone groups is 1. The van der Waals surface area contributed by atoms with Crippen LogP contribution in [0.1, 0.15) is 20.3 Å². The van der Waals surface area contributed by atoms with Gasteiger partial charge in [-0.15, -0.1) is 11.8 Å². The molecule has 0 radical (unpaired) electrons. The van der Waals surface area contributed by atoms with Gasteiger partial charge in [-0.05, 0) is 12.3 Å². The van der Waals surface area contributed by atoms with E-state index in [2.05, 4.69) is 5.32 Å². The van der Waals surface area contributed by atoms with E-state index in [0.717, 1.165) is 11.8 Å². The van der Waals surface area contributed by atoms with Crippen LogP contribution in [0.5, 0.6) is 0 Å². The molecule has 2 atom stereocenters. The van der Waals surface area contributed by atoms with Gasteiger partial charge in [-0.3, -0.25) is 9.59 Å². The topological polar surface area (TPSA) is 101 Å². The normalized spacial score (nSPS) is 23.2. The van der Waals surface area contributed by atoms with E-state index >= 15 is 0 Å². The molecule has 0 bridgehead atoms. The van der Waals surface area contributed by atoms with E-state index in [4.69, 9.17) is 5.11 Å². The van der Waals surface area contributed by atoms with Crippen LogP contribution < -0.4 is 5.32 Å². The lowest BCUT2D eigenvalue weighted by Crippen LogP contribution is -2.37. The quantitative estimate of drug-likeness (QED) is 0.723. The maximum Gasteiger partial charge on any atom is 0.316 e. The summed E-state index contributed by atoms with van der Waals surface area (Å²) in [5.41, 5.74) is 0. The van der Waals surface area contributed by atoms with Crippen LogP contribution in [0.15, 0.2) is 0 Å². The lowest BCUT2D eigenvalue weighted by molar-refractivity contribution is -0.137. The minimum absolute atomic E-state index is 0.0179. The molecule has 0 spiro atoms. The Morgan fingerprint density at radius 2 is 2.05 bits per heavy atom. The van der Waals surface area contributed by atoms with Crippen molar-refractivity contribution in [3.8, 4) is 0 Å². The minimum Gasteiger partial charge on any atom is -0.480 e. The molecule has 110 valence electrons. The van der Waals surface area contributed by atoms with Crippen molar-refractivity contribution in [2.45, 2.75) is 31.6 Å². The van der Waals surface area contributed by atoms with Crippen molar-refractivity contribution in [3.05, 3.63) is 0 Å². The molecule has 1 amide bonds. The molecule has 2 N–H and O–H groups in total. The average Bonchev–Trinajstić information content (AvgIpc) is 2.56. The molecular weight excluding hydrogens is 290 g/mol. The van der Waals surface area contributed by atoms with Gasteiger partial charge in [-0.1, -0.05) is 13.8 Å². The number of thioether (sulfide) groups is 1. The first-order valence-corrected chi connectivity index (χ1v) is 8.92. The molecule has 1 saturated heterocycles. The van der Waals surface area contributed by atoms with Crippen LogP contribution in [0.4, 0.5) is 0 Å². The van der Waals surface area contributed by atoms with Gasteiger partial charge in [0, 0.05) is 6.04 Å². The molecule has 1 aliphatic heterocycles. The van der Waals surface area contributed by atoms with Gasteiger partial charge in [0.2, 0.25) is 5.91 Å². The van der Waals surface area contributed by atoms with E-state index < -0.39 is 21.1 Å². The molecule has 1 aliphatic rings. The third-order valence-corrected chi connectivity index (χ3v) is 6.14. The predicted molar refractivity (Wildman–Crippen MR) is 73.9 cm³/mol. The highest BCUT2D eigenvalue weighted by Gasteiger charge is 2.29. The van der Waals surface area contributed by atoms with Crippen molar-refractivity contribution < 1.29 is 23.1 Å². The number of amides is 1. The molecule has 0 aromatic carbocycles. The van der Waals surface area contributed by atoms with Crippen molar-refractivity contribution in [2.75, 3.05) is 17.3 Å². The highest BCUT2D eigenvalue weighted by atomic mass is 32.2. The first-order chi connectivity index (χ1) is 8.71. The molecule has 0 aromatic rings. The third-order valence-electron chi connectivity index (χ3n) is 2.84. The molecular formula is C11H19NO5S2. The molecule has 6 nitrogen and oxygen atoms in total. The number of rotatable bonds is 6. The number of carbonyl (C=O) groups excluding carboxylic acids is 1. The van der Waals surface area contributed by atoms with Gasteiger partial charge in [0.05, 0.1) is 17.3 Å². The van der Waals surface area contributed by atoms with Crippen LogP contribution in [0, 0.1) is 5.92 Å². The summed E-state index contributed by atoms with van der Waals surface area (Å²) in [5.74, 6) is -1.19. The zero-order valence-corrected chi connectivity index (χ0v) is 12.6. The van der Waals surface area contributed by atoms with Crippen molar-refractivity contribution >= 4 is 33.5 Å². The van der Waals surface area contributed by atoms with E-state index in [0.29, 0.717) is 6.42 Å². The third kappa shape index (κ3) is 5.40. The Bertz CT molecular complexity index is 446. The number of aliphatic carboxylic acids is 1. The predicted octanol–water partition coefficient (Wildman–Crippen LogP) is 0.132. The summed E-state index contributed by atoms with van der Waals surface area (Å²) in [7, 11) is -3.01. The fourth-order valence-electron chi connectivity index (χ4n) is 1.89. The lowest BCUT2D eigenvalue weighted by Gasteiger charge is -2.16. The molecule has 1 rings (SSSR count). The van der Waals surface area contributed by atoms with Crippen molar-refractivity contribution in [1.29, 1.82) is 0 Å². The first kappa shape index (κ1) is 16.3. The van der Waals surface area contributed by atoms with Gasteiger partial charge >= 0.3 is 5.97 Å². The first-order valence-electron chi connectivity index (χ1n) is 6.05. The molecule has 0 aromatic heterocycles. The standard InChI is InChI=1S/C11H19NO5S2/c1-7(2)10(11(14)15)18-5-9(13)12-8-3-4-19(16,17)6-8/h7-8,10H,3-6H2,1-2H3,(H,12,13)(H,14,15). The van der Waals surface area contributed by atoms with Crippen LogP contribution in [0.3, 0.4) is 0 Å². The second-order valence-corrected chi connectivity index (χ2v) is 8.34. The summed E-state index contributed by atoms with van der Waals surface area (Å²) in [4.78, 5) is 22.6. The van der Waals surface area contributed by atoms with Gasteiger partial charge in [0.25, 0.3) is 0 Å². The Morgan fingerprint density at radius 3 is 2.47 bits per heavy atom. The van der Waals surface area contributed by atoms with E-state index in [-0.39, 0.29) is 35.1 Å². The van der Waals surface area contributed by atoms with Gasteiger partial charge in [-0.25, -0.2) is 8.42 Å². The molecule has 1 fully saturated rings. The van der Waals surface area contributed by atoms with E-state index in [1.54, 1.807) is 13.8 Å². The largest absolute Gasteiger partial charge is 0.480 e. The number of nitrogens with one attached hydrogen (secondary N) is 1. The Kier molecular flexibility index (Phi) is 5.66. The van der Waals surface area contributed by atoms with E-state index in [1.807, 2.05) is 0 Å². The van der Waals surface area contributed by atoms with Crippen LogP contribution in [0.2, 0.25) is 0 Å². The zero-order valence-electron chi connectivity index (χ0n) is 11.0. The molecule has 8 heteroatoms. The monoisotopic (exact) mass is 309 g/mol. The Balaban J connectivity index is 2.38. The number of carbonyl (C=O) groups is 2. The second kappa shape index (κ2) is 6.60. The summed E-state index contributed by atoms with van der Waals surface area (Å²) in [6, 6.07) is -0.333. The fraction of sp³-hybridized carbons (Fsp3) is 0.818. The molecule has 0 saturated carbocycles. The molecule has 0 aliphatic carbocycles. The van der Waals surface area contributed by atoms with Crippen LogP contribution in [-0.2, 0) is 19.4 Å². The Hall–Kier alpha value is -0.760. The molecule has 19 heavy (non-hydrogen) atoms. The number of carboxylic acids is 1. The Morgan fingerprint density at radius 1 is 1.42 bits per heavy atom. The summed E-state index contributed by atoms with van der Waals surface area (Å²) >= 11 is 1.07. The van der Waals surface area contributed by atoms with E-state index in [1.165, 1.54) is 0 Å².